The second-order valence-corrected chi connectivity index (χ2v) is 5.87. The highest BCUT2D eigenvalue weighted by Crippen LogP contribution is 2.15. The van der Waals surface area contributed by atoms with Crippen LogP contribution in [0.5, 0.6) is 0 Å². The van der Waals surface area contributed by atoms with E-state index in [1.54, 1.807) is 0 Å². The zero-order valence-corrected chi connectivity index (χ0v) is 13.4. The molecule has 2 nitrogen and oxygen atoms in total. The number of unbranched alkanes of at least 4 members (excludes halogenated alkanes) is 11. The van der Waals surface area contributed by atoms with Crippen molar-refractivity contribution < 1.29 is 0 Å². The minimum absolute atomic E-state index is 0.0388. The van der Waals surface area contributed by atoms with E-state index >= 15 is 0 Å². The highest BCUT2D eigenvalue weighted by molar-refractivity contribution is 4.89. The summed E-state index contributed by atoms with van der Waals surface area (Å²) in [5, 5.41) is 17.4. The number of rotatable bonds is 14. The molecule has 0 saturated heterocycles. The van der Waals surface area contributed by atoms with Crippen molar-refractivity contribution in [2.45, 2.75) is 96.8 Å². The Hall–Kier alpha value is -1.02. The standard InChI is InChI=1S/C18H32N2/c1-2-3-4-5-6-7-8-9-10-11-12-13-14-18(17-20)15-16-19/h18H,2-15H2,1H3. The van der Waals surface area contributed by atoms with Gasteiger partial charge in [0, 0.05) is 0 Å². The molecule has 0 rings (SSSR count). The molecule has 0 radical (unpaired) electrons. The quantitative estimate of drug-likeness (QED) is 0.358. The second kappa shape index (κ2) is 16.0. The van der Waals surface area contributed by atoms with Gasteiger partial charge in [0.25, 0.3) is 0 Å². The van der Waals surface area contributed by atoms with Crippen LogP contribution in [0.15, 0.2) is 0 Å². The summed E-state index contributed by atoms with van der Waals surface area (Å²) in [6, 6.07) is 4.31. The van der Waals surface area contributed by atoms with Crippen molar-refractivity contribution in [3.8, 4) is 12.1 Å². The largest absolute Gasteiger partial charge is 0.198 e. The van der Waals surface area contributed by atoms with E-state index in [-0.39, 0.29) is 5.92 Å². The normalized spacial score (nSPS) is 11.8. The third kappa shape index (κ3) is 13.4. The predicted octanol–water partition coefficient (Wildman–Crippen LogP) is 6.13. The highest BCUT2D eigenvalue weighted by Gasteiger charge is 2.05. The number of hydrogen-bond acceptors (Lipinski definition) is 2. The van der Waals surface area contributed by atoms with Gasteiger partial charge in [-0.25, -0.2) is 0 Å². The van der Waals surface area contributed by atoms with Gasteiger partial charge in [0.1, 0.15) is 0 Å². The molecule has 0 aliphatic rings. The smallest absolute Gasteiger partial charge is 0.0666 e. The molecule has 1 atom stereocenters. The van der Waals surface area contributed by atoms with Crippen molar-refractivity contribution in [3.63, 3.8) is 0 Å². The Kier molecular flexibility index (Phi) is 15.2. The second-order valence-electron chi connectivity index (χ2n) is 5.87. The van der Waals surface area contributed by atoms with E-state index in [0.717, 1.165) is 12.8 Å². The van der Waals surface area contributed by atoms with Crippen LogP contribution in [0.3, 0.4) is 0 Å². The average Bonchev–Trinajstić information content (AvgIpc) is 2.47. The van der Waals surface area contributed by atoms with Gasteiger partial charge in [-0.05, 0) is 6.42 Å². The zero-order chi connectivity index (χ0) is 14.9. The first-order chi connectivity index (χ1) is 9.85. The summed E-state index contributed by atoms with van der Waals surface area (Å²) in [7, 11) is 0. The molecular weight excluding hydrogens is 244 g/mol. The fourth-order valence-electron chi connectivity index (χ4n) is 2.55. The first kappa shape index (κ1) is 19.0. The lowest BCUT2D eigenvalue weighted by Gasteiger charge is -2.04. The zero-order valence-electron chi connectivity index (χ0n) is 13.4. The first-order valence-corrected chi connectivity index (χ1v) is 8.61. The minimum atomic E-state index is -0.0388. The van der Waals surface area contributed by atoms with Crippen LogP contribution >= 0.6 is 0 Å². The van der Waals surface area contributed by atoms with Crippen molar-refractivity contribution in [1.82, 2.24) is 0 Å². The van der Waals surface area contributed by atoms with Gasteiger partial charge in [-0.3, -0.25) is 0 Å². The molecule has 0 N–H and O–H groups in total. The molecule has 0 spiro atoms. The third-order valence-corrected chi connectivity index (χ3v) is 3.93. The maximum atomic E-state index is 8.83. The van der Waals surface area contributed by atoms with E-state index < -0.39 is 0 Å². The molecule has 0 saturated carbocycles. The van der Waals surface area contributed by atoms with Gasteiger partial charge >= 0.3 is 0 Å². The molecule has 0 aromatic carbocycles. The molecule has 20 heavy (non-hydrogen) atoms. The van der Waals surface area contributed by atoms with Gasteiger partial charge in [0.05, 0.1) is 24.5 Å². The Balaban J connectivity index is 3.14. The summed E-state index contributed by atoms with van der Waals surface area (Å²) < 4.78 is 0. The number of nitrogens with zero attached hydrogens (tertiary/aromatic N) is 2. The summed E-state index contributed by atoms with van der Waals surface area (Å²) >= 11 is 0. The molecule has 0 amide bonds. The first-order valence-electron chi connectivity index (χ1n) is 8.61. The molecule has 1 unspecified atom stereocenters. The van der Waals surface area contributed by atoms with Crippen molar-refractivity contribution in [1.29, 1.82) is 10.5 Å². The maximum Gasteiger partial charge on any atom is 0.0666 e. The van der Waals surface area contributed by atoms with Crippen LogP contribution in [0.2, 0.25) is 0 Å². The molecule has 0 aliphatic heterocycles. The van der Waals surface area contributed by atoms with Crippen LogP contribution in [-0.4, -0.2) is 0 Å². The maximum absolute atomic E-state index is 8.83. The lowest BCUT2D eigenvalue weighted by atomic mass is 9.99. The van der Waals surface area contributed by atoms with Crippen LogP contribution in [0.4, 0.5) is 0 Å². The lowest BCUT2D eigenvalue weighted by molar-refractivity contribution is 0.515. The van der Waals surface area contributed by atoms with Crippen molar-refractivity contribution in [2.75, 3.05) is 0 Å². The van der Waals surface area contributed by atoms with Crippen LogP contribution in [0.1, 0.15) is 96.8 Å². The fourth-order valence-corrected chi connectivity index (χ4v) is 2.55. The van der Waals surface area contributed by atoms with Gasteiger partial charge in [-0.1, -0.05) is 84.0 Å². The Labute approximate surface area is 126 Å². The summed E-state index contributed by atoms with van der Waals surface area (Å²) in [5.74, 6) is -0.0388. The third-order valence-electron chi connectivity index (χ3n) is 3.93. The molecule has 0 aromatic heterocycles. The van der Waals surface area contributed by atoms with E-state index in [2.05, 4.69) is 19.1 Å². The van der Waals surface area contributed by atoms with E-state index in [4.69, 9.17) is 10.5 Å². The predicted molar refractivity (Wildman–Crippen MR) is 85.0 cm³/mol. The Morgan fingerprint density at radius 1 is 0.700 bits per heavy atom. The molecular formula is C18H32N2. The lowest BCUT2D eigenvalue weighted by Crippen LogP contribution is -1.95. The Morgan fingerprint density at radius 2 is 1.15 bits per heavy atom. The van der Waals surface area contributed by atoms with Gasteiger partial charge in [0.15, 0.2) is 0 Å². The highest BCUT2D eigenvalue weighted by atomic mass is 14.3. The van der Waals surface area contributed by atoms with E-state index in [1.165, 1.54) is 70.6 Å². The molecule has 0 fully saturated rings. The van der Waals surface area contributed by atoms with Crippen LogP contribution in [-0.2, 0) is 0 Å². The summed E-state index contributed by atoms with van der Waals surface area (Å²) in [5.41, 5.74) is 0. The van der Waals surface area contributed by atoms with Gasteiger partial charge in [0.2, 0.25) is 0 Å². The topological polar surface area (TPSA) is 47.6 Å². The average molecular weight is 276 g/mol. The van der Waals surface area contributed by atoms with Gasteiger partial charge in [-0.15, -0.1) is 0 Å². The van der Waals surface area contributed by atoms with Crippen molar-refractivity contribution in [2.24, 2.45) is 5.92 Å². The number of nitriles is 2. The molecule has 114 valence electrons. The van der Waals surface area contributed by atoms with E-state index in [0.29, 0.717) is 6.42 Å². The molecule has 0 bridgehead atoms. The summed E-state index contributed by atoms with van der Waals surface area (Å²) in [6.07, 6.45) is 17.4. The van der Waals surface area contributed by atoms with Crippen LogP contribution in [0, 0.1) is 28.6 Å². The van der Waals surface area contributed by atoms with Crippen molar-refractivity contribution in [3.05, 3.63) is 0 Å². The summed E-state index contributed by atoms with van der Waals surface area (Å²) in [6.45, 7) is 2.26. The summed E-state index contributed by atoms with van der Waals surface area (Å²) in [4.78, 5) is 0. The van der Waals surface area contributed by atoms with E-state index in [1.807, 2.05) is 0 Å². The Bertz CT molecular complexity index is 272. The van der Waals surface area contributed by atoms with E-state index in [9.17, 15) is 0 Å². The van der Waals surface area contributed by atoms with Crippen molar-refractivity contribution >= 4 is 0 Å². The fraction of sp³-hybridized carbons (Fsp3) is 0.889. The van der Waals surface area contributed by atoms with Crippen LogP contribution in [0.25, 0.3) is 0 Å². The van der Waals surface area contributed by atoms with Gasteiger partial charge < -0.3 is 0 Å². The SMILES string of the molecule is CCCCCCCCCCCCCCC(C#N)CC#N. The number of hydrogen-bond donors (Lipinski definition) is 0. The Morgan fingerprint density at radius 3 is 1.55 bits per heavy atom. The molecule has 0 aliphatic carbocycles. The molecule has 0 aromatic rings. The monoisotopic (exact) mass is 276 g/mol. The van der Waals surface area contributed by atoms with Crippen LogP contribution < -0.4 is 0 Å². The molecule has 2 heteroatoms. The molecule has 0 heterocycles. The minimum Gasteiger partial charge on any atom is -0.198 e. The van der Waals surface area contributed by atoms with Gasteiger partial charge in [-0.2, -0.15) is 10.5 Å².